The quantitative estimate of drug-likeness (QED) is 0.601. The fourth-order valence-corrected chi connectivity index (χ4v) is 3.13. The lowest BCUT2D eigenvalue weighted by atomic mass is 10.1. The minimum atomic E-state index is 0.0843. The summed E-state index contributed by atoms with van der Waals surface area (Å²) in [5.41, 5.74) is 3.60. The maximum Gasteiger partial charge on any atom is 0.220 e. The number of fused-ring (bicyclic) bond motifs is 3. The summed E-state index contributed by atoms with van der Waals surface area (Å²) in [4.78, 5) is 11.9. The third-order valence-electron chi connectivity index (χ3n) is 4.68. The Balaban J connectivity index is 1.45. The van der Waals surface area contributed by atoms with Gasteiger partial charge >= 0.3 is 0 Å². The van der Waals surface area contributed by atoms with Gasteiger partial charge in [0.05, 0.1) is 5.69 Å². The third-order valence-corrected chi connectivity index (χ3v) is 4.68. The van der Waals surface area contributed by atoms with Crippen LogP contribution < -0.4 is 5.32 Å². The lowest BCUT2D eigenvalue weighted by Crippen LogP contribution is -2.25. The van der Waals surface area contributed by atoms with Crippen molar-refractivity contribution in [1.29, 1.82) is 0 Å². The summed E-state index contributed by atoms with van der Waals surface area (Å²) >= 11 is 0. The highest BCUT2D eigenvalue weighted by atomic mass is 16.1. The molecule has 1 N–H and O–H groups in total. The summed E-state index contributed by atoms with van der Waals surface area (Å²) in [5.74, 6) is 0.872. The summed E-state index contributed by atoms with van der Waals surface area (Å²) < 4.78 is 3.76. The molecule has 26 heavy (non-hydrogen) atoms. The molecule has 0 bridgehead atoms. The molecule has 1 fully saturated rings. The van der Waals surface area contributed by atoms with Gasteiger partial charge in [0.2, 0.25) is 5.91 Å². The highest BCUT2D eigenvalue weighted by Gasteiger charge is 2.23. The van der Waals surface area contributed by atoms with E-state index in [9.17, 15) is 4.79 Å². The number of carbonyl (C=O) groups excluding carboxylic acids is 1. The molecule has 130 valence electrons. The highest BCUT2D eigenvalue weighted by Crippen LogP contribution is 2.22. The van der Waals surface area contributed by atoms with Crippen LogP contribution in [0.4, 0.5) is 0 Å². The van der Waals surface area contributed by atoms with Crippen molar-refractivity contribution in [3.63, 3.8) is 0 Å². The number of benzene rings is 1. The minimum Gasteiger partial charge on any atom is -0.353 e. The van der Waals surface area contributed by atoms with Gasteiger partial charge in [-0.2, -0.15) is 5.10 Å². The van der Waals surface area contributed by atoms with E-state index in [2.05, 4.69) is 20.6 Å². The molecule has 5 rings (SSSR count). The first-order valence-electron chi connectivity index (χ1n) is 8.85. The lowest BCUT2D eigenvalue weighted by molar-refractivity contribution is -0.121. The van der Waals surface area contributed by atoms with Crippen LogP contribution in [0.5, 0.6) is 0 Å². The molecular weight excluding hydrogens is 328 g/mol. The van der Waals surface area contributed by atoms with E-state index in [1.165, 1.54) is 0 Å². The van der Waals surface area contributed by atoms with Crippen LogP contribution in [0.1, 0.15) is 25.1 Å². The molecule has 0 saturated heterocycles. The Morgan fingerprint density at radius 2 is 2.00 bits per heavy atom. The number of rotatable bonds is 5. The van der Waals surface area contributed by atoms with Crippen LogP contribution in [0.25, 0.3) is 22.4 Å². The molecular formula is C19H18N6O. The van der Waals surface area contributed by atoms with Gasteiger partial charge in [-0.3, -0.25) is 9.20 Å². The maximum atomic E-state index is 11.9. The van der Waals surface area contributed by atoms with E-state index in [1.807, 2.05) is 57.7 Å². The van der Waals surface area contributed by atoms with Crippen molar-refractivity contribution < 1.29 is 4.79 Å². The second kappa shape index (κ2) is 5.94. The average Bonchev–Trinajstić information content (AvgIpc) is 3.21. The second-order valence-electron chi connectivity index (χ2n) is 6.68. The topological polar surface area (TPSA) is 76.6 Å². The van der Waals surface area contributed by atoms with Gasteiger partial charge in [0, 0.05) is 36.8 Å². The van der Waals surface area contributed by atoms with Gasteiger partial charge in [0.15, 0.2) is 5.65 Å². The van der Waals surface area contributed by atoms with Crippen molar-refractivity contribution in [3.8, 4) is 11.3 Å². The molecule has 0 unspecified atom stereocenters. The van der Waals surface area contributed by atoms with E-state index in [0.717, 1.165) is 41.1 Å². The molecule has 3 heterocycles. The number of nitrogens with one attached hydrogen (secondary N) is 1. The lowest BCUT2D eigenvalue weighted by Gasteiger charge is -2.02. The van der Waals surface area contributed by atoms with Crippen molar-refractivity contribution in [3.05, 3.63) is 54.6 Å². The SMILES string of the molecule is O=C(CCc1nnc2c3cc(-c4ccccc4)nn3ccn12)NC1CC1. The number of hydrogen-bond acceptors (Lipinski definition) is 4. The van der Waals surface area contributed by atoms with Crippen LogP contribution in [0.15, 0.2) is 48.8 Å². The Kier molecular flexibility index (Phi) is 3.44. The molecule has 1 aliphatic rings. The Morgan fingerprint density at radius 1 is 1.15 bits per heavy atom. The molecule has 0 atom stereocenters. The molecule has 1 amide bonds. The Bertz CT molecular complexity index is 1090. The van der Waals surface area contributed by atoms with Gasteiger partial charge in [-0.25, -0.2) is 4.52 Å². The highest BCUT2D eigenvalue weighted by molar-refractivity contribution is 5.78. The number of carbonyl (C=O) groups is 1. The molecule has 7 heteroatoms. The number of nitrogens with zero attached hydrogens (tertiary/aromatic N) is 5. The van der Waals surface area contributed by atoms with Crippen molar-refractivity contribution in [2.75, 3.05) is 0 Å². The van der Waals surface area contributed by atoms with E-state index in [-0.39, 0.29) is 5.91 Å². The number of amides is 1. The van der Waals surface area contributed by atoms with E-state index in [1.54, 1.807) is 0 Å². The first-order chi connectivity index (χ1) is 12.8. The first-order valence-corrected chi connectivity index (χ1v) is 8.85. The summed E-state index contributed by atoms with van der Waals surface area (Å²) in [7, 11) is 0. The van der Waals surface area contributed by atoms with Crippen LogP contribution in [-0.4, -0.2) is 36.2 Å². The van der Waals surface area contributed by atoms with Gasteiger partial charge in [-0.1, -0.05) is 30.3 Å². The monoisotopic (exact) mass is 346 g/mol. The van der Waals surface area contributed by atoms with Crippen LogP contribution >= 0.6 is 0 Å². The summed E-state index contributed by atoms with van der Waals surface area (Å²) in [6, 6.07) is 12.5. The van der Waals surface area contributed by atoms with Crippen molar-refractivity contribution in [2.24, 2.45) is 0 Å². The van der Waals surface area contributed by atoms with Crippen LogP contribution in [-0.2, 0) is 11.2 Å². The zero-order chi connectivity index (χ0) is 17.5. The van der Waals surface area contributed by atoms with Crippen LogP contribution in [0.2, 0.25) is 0 Å². The van der Waals surface area contributed by atoms with Crippen LogP contribution in [0, 0.1) is 0 Å². The predicted octanol–water partition coefficient (Wildman–Crippen LogP) is 2.26. The van der Waals surface area contributed by atoms with E-state index < -0.39 is 0 Å². The number of hydrogen-bond donors (Lipinski definition) is 1. The van der Waals surface area contributed by atoms with E-state index >= 15 is 0 Å². The first kappa shape index (κ1) is 15.1. The second-order valence-corrected chi connectivity index (χ2v) is 6.68. The van der Waals surface area contributed by atoms with Gasteiger partial charge in [0.25, 0.3) is 0 Å². The Labute approximate surface area is 149 Å². The van der Waals surface area contributed by atoms with E-state index in [0.29, 0.717) is 18.9 Å². The van der Waals surface area contributed by atoms with Gasteiger partial charge in [-0.05, 0) is 18.9 Å². The van der Waals surface area contributed by atoms with Gasteiger partial charge < -0.3 is 5.32 Å². The molecule has 4 aromatic rings. The van der Waals surface area contributed by atoms with Crippen molar-refractivity contribution >= 4 is 17.1 Å². The molecule has 0 aliphatic heterocycles. The maximum absolute atomic E-state index is 11.9. The molecule has 7 nitrogen and oxygen atoms in total. The van der Waals surface area contributed by atoms with Crippen LogP contribution in [0.3, 0.4) is 0 Å². The molecule has 1 aliphatic carbocycles. The largest absolute Gasteiger partial charge is 0.353 e. The molecule has 1 saturated carbocycles. The average molecular weight is 346 g/mol. The fourth-order valence-electron chi connectivity index (χ4n) is 3.13. The fraction of sp³-hybridized carbons (Fsp3) is 0.263. The van der Waals surface area contributed by atoms with Gasteiger partial charge in [-0.15, -0.1) is 10.2 Å². The molecule has 3 aromatic heterocycles. The minimum absolute atomic E-state index is 0.0843. The van der Waals surface area contributed by atoms with Crippen molar-refractivity contribution in [1.82, 2.24) is 29.5 Å². The zero-order valence-corrected chi connectivity index (χ0v) is 14.2. The normalized spacial score (nSPS) is 14.2. The number of aromatic nitrogens is 5. The summed E-state index contributed by atoms with van der Waals surface area (Å²) in [6.45, 7) is 0. The Morgan fingerprint density at radius 3 is 2.81 bits per heavy atom. The molecule has 1 aromatic carbocycles. The molecule has 0 radical (unpaired) electrons. The standard InChI is InChI=1S/C19H18N6O/c26-18(20-14-6-7-14)9-8-17-21-22-19-16-12-15(13-4-2-1-3-5-13)23-25(16)11-10-24(17)19/h1-5,10-12,14H,6-9H2,(H,20,26). The molecule has 0 spiro atoms. The smallest absolute Gasteiger partial charge is 0.220 e. The predicted molar refractivity (Wildman–Crippen MR) is 96.7 cm³/mol. The zero-order valence-electron chi connectivity index (χ0n) is 14.2. The Hall–Kier alpha value is -3.22. The van der Waals surface area contributed by atoms with Crippen molar-refractivity contribution in [2.45, 2.75) is 31.7 Å². The summed E-state index contributed by atoms with van der Waals surface area (Å²) in [6.07, 6.45) is 6.99. The third kappa shape index (κ3) is 2.71. The van der Waals surface area contributed by atoms with Gasteiger partial charge in [0.1, 0.15) is 11.3 Å². The van der Waals surface area contributed by atoms with E-state index in [4.69, 9.17) is 0 Å². The number of aryl methyl sites for hydroxylation is 1. The summed E-state index contributed by atoms with van der Waals surface area (Å²) in [5, 5.41) is 16.2.